The number of rotatable bonds is 16. The van der Waals surface area contributed by atoms with E-state index in [1.54, 1.807) is 0 Å². The van der Waals surface area contributed by atoms with E-state index in [4.69, 9.17) is 0 Å². The van der Waals surface area contributed by atoms with Gasteiger partial charge in [0.2, 0.25) is 6.17 Å². The molecule has 0 aliphatic rings. The van der Waals surface area contributed by atoms with Crippen molar-refractivity contribution in [2.24, 2.45) is 0 Å². The highest BCUT2D eigenvalue weighted by Gasteiger charge is 2.96. The van der Waals surface area contributed by atoms with Crippen molar-refractivity contribution in [3.05, 3.63) is 0 Å². The van der Waals surface area contributed by atoms with Crippen LogP contribution in [0.2, 0.25) is 0 Å². The fourth-order valence-corrected chi connectivity index (χ4v) is 3.88. The van der Waals surface area contributed by atoms with E-state index in [9.17, 15) is 105 Å². The van der Waals surface area contributed by atoms with Crippen LogP contribution in [-0.2, 0) is 10.1 Å². The van der Waals surface area contributed by atoms with Crippen molar-refractivity contribution < 1.29 is 110 Å². The van der Waals surface area contributed by atoms with E-state index in [0.29, 0.717) is 0 Å². The summed E-state index contributed by atoms with van der Waals surface area (Å²) < 4.78 is 307. The first kappa shape index (κ1) is 46.5. The fourth-order valence-electron chi connectivity index (χ4n) is 3.37. The maximum Gasteiger partial charge on any atom is 0.385 e. The predicted octanol–water partition coefficient (Wildman–Crippen LogP) is 7.73. The summed E-state index contributed by atoms with van der Waals surface area (Å²) in [4.78, 5) is 0. The van der Waals surface area contributed by atoms with E-state index < -0.39 is 81.8 Å². The minimum absolute atomic E-state index is 1.28. The summed E-state index contributed by atoms with van der Waals surface area (Å²) in [5.41, 5.74) is -6.25. The standard InChI is InChI=1S/C12H5F21O3S.C8H20N/c13-1(3(15)16)2(14)5(18,19)7(22,23)9(26,27)11(30,31)12(32,33)10(28,29)8(24,25)6(20,21)4(17)37(34,35)36;1-5-9(6-2,7-3)8-4/h1-4H,(H,34,35,36);5-8H2,1-4H3/q;+1/p-1. The molecule has 0 N–H and O–H groups in total. The lowest BCUT2D eigenvalue weighted by atomic mass is 9.86. The Kier molecular flexibility index (Phi) is 14.3. The molecule has 0 saturated heterocycles. The highest BCUT2D eigenvalue weighted by Crippen LogP contribution is 2.64. The summed E-state index contributed by atoms with van der Waals surface area (Å²) in [5.74, 6) is -70.1. The first-order chi connectivity index (χ1) is 19.9. The Morgan fingerprint density at radius 3 is 0.935 bits per heavy atom. The van der Waals surface area contributed by atoms with Crippen molar-refractivity contribution >= 4 is 10.1 Å². The first-order valence-corrected chi connectivity index (χ1v) is 13.4. The van der Waals surface area contributed by atoms with Crippen molar-refractivity contribution in [1.82, 2.24) is 0 Å². The fraction of sp³-hybridized carbons (Fsp3) is 1.00. The van der Waals surface area contributed by atoms with E-state index in [-0.39, 0.29) is 0 Å². The number of alkyl halides is 21. The molecule has 0 aromatic heterocycles. The van der Waals surface area contributed by atoms with Crippen LogP contribution in [0, 0.1) is 0 Å². The third-order valence-electron chi connectivity index (χ3n) is 6.90. The first-order valence-electron chi connectivity index (χ1n) is 11.9. The Labute approximate surface area is 246 Å². The minimum Gasteiger partial charge on any atom is -0.746 e. The molecule has 4 nitrogen and oxygen atoms in total. The zero-order chi connectivity index (χ0) is 38.1. The van der Waals surface area contributed by atoms with Crippen LogP contribution in [0.3, 0.4) is 0 Å². The molecule has 0 aliphatic carbocycles. The zero-order valence-electron chi connectivity index (χ0n) is 23.2. The van der Waals surface area contributed by atoms with Gasteiger partial charge < -0.3 is 9.04 Å². The molecule has 0 aromatic carbocycles. The Balaban J connectivity index is 0. The van der Waals surface area contributed by atoms with Crippen LogP contribution in [0.4, 0.5) is 92.2 Å². The molecule has 3 atom stereocenters. The van der Waals surface area contributed by atoms with Crippen LogP contribution in [0.15, 0.2) is 0 Å². The third kappa shape index (κ3) is 7.36. The van der Waals surface area contributed by atoms with Gasteiger partial charge in [0, 0.05) is 0 Å². The molecular formula is C20H24F21NO3S. The summed E-state index contributed by atoms with van der Waals surface area (Å²) in [6.07, 6.45) is -16.5. The maximum absolute atomic E-state index is 13.5. The second kappa shape index (κ2) is 14.1. The molecule has 0 aromatic rings. The van der Waals surface area contributed by atoms with E-state index in [1.807, 2.05) is 0 Å². The van der Waals surface area contributed by atoms with Crippen molar-refractivity contribution in [1.29, 1.82) is 0 Å². The van der Waals surface area contributed by atoms with Crippen molar-refractivity contribution in [2.75, 3.05) is 26.2 Å². The lowest BCUT2D eigenvalue weighted by Crippen LogP contribution is -2.76. The van der Waals surface area contributed by atoms with Gasteiger partial charge in [-0.05, 0) is 27.7 Å². The van der Waals surface area contributed by atoms with Crippen LogP contribution in [0.5, 0.6) is 0 Å². The molecule has 0 aliphatic heterocycles. The predicted molar refractivity (Wildman–Crippen MR) is 112 cm³/mol. The van der Waals surface area contributed by atoms with Gasteiger partial charge in [-0.2, -0.15) is 70.2 Å². The minimum atomic E-state index is -9.22. The van der Waals surface area contributed by atoms with E-state index in [1.165, 1.54) is 30.7 Å². The Bertz CT molecular complexity index is 1080. The molecule has 280 valence electrons. The Morgan fingerprint density at radius 2 is 0.739 bits per heavy atom. The van der Waals surface area contributed by atoms with Crippen LogP contribution >= 0.6 is 0 Å². The molecule has 0 amide bonds. The summed E-state index contributed by atoms with van der Waals surface area (Å²) in [6.45, 7) is 14.2. The molecule has 0 spiro atoms. The average Bonchev–Trinajstić information content (AvgIpc) is 2.92. The van der Waals surface area contributed by atoms with Crippen molar-refractivity contribution in [2.45, 2.75) is 99.3 Å². The van der Waals surface area contributed by atoms with Gasteiger partial charge in [0.05, 0.1) is 26.2 Å². The van der Waals surface area contributed by atoms with E-state index in [2.05, 4.69) is 27.7 Å². The number of halogens is 21. The third-order valence-corrected chi connectivity index (χ3v) is 7.70. The van der Waals surface area contributed by atoms with Gasteiger partial charge in [-0.15, -0.1) is 0 Å². The zero-order valence-corrected chi connectivity index (χ0v) is 24.0. The average molecular weight is 757 g/mol. The topological polar surface area (TPSA) is 57.2 Å². The molecule has 0 bridgehead atoms. The number of hydrogen-bond donors (Lipinski definition) is 0. The molecule has 0 rings (SSSR count). The largest absolute Gasteiger partial charge is 0.746 e. The summed E-state index contributed by atoms with van der Waals surface area (Å²) in [6, 6.07) is 0. The van der Waals surface area contributed by atoms with E-state index >= 15 is 0 Å². The summed E-state index contributed by atoms with van der Waals surface area (Å²) in [7, 11) is -7.60. The molecule has 0 heterocycles. The van der Waals surface area contributed by atoms with Crippen LogP contribution in [-0.4, -0.2) is 115 Å². The van der Waals surface area contributed by atoms with Gasteiger partial charge >= 0.3 is 47.4 Å². The van der Waals surface area contributed by atoms with Gasteiger partial charge in [0.25, 0.3) is 11.9 Å². The number of quaternary nitrogens is 1. The smallest absolute Gasteiger partial charge is 0.385 e. The molecule has 0 fully saturated rings. The maximum atomic E-state index is 13.5. The van der Waals surface area contributed by atoms with Crippen molar-refractivity contribution in [3.63, 3.8) is 0 Å². The molecular weight excluding hydrogens is 733 g/mol. The highest BCUT2D eigenvalue weighted by atomic mass is 32.2. The molecule has 26 heteroatoms. The van der Waals surface area contributed by atoms with Crippen LogP contribution < -0.4 is 0 Å². The van der Waals surface area contributed by atoms with Gasteiger partial charge in [-0.25, -0.2) is 30.4 Å². The lowest BCUT2D eigenvalue weighted by Gasteiger charge is -2.44. The van der Waals surface area contributed by atoms with Crippen LogP contribution in [0.25, 0.3) is 0 Å². The van der Waals surface area contributed by atoms with Gasteiger partial charge in [0.15, 0.2) is 6.17 Å². The SMILES string of the molecule is CC[N+](CC)(CC)CC.O=S(=O)([O-])C(F)C(F)(F)C(F)(F)C(F)(F)C(F)(F)C(F)(F)C(F)(F)C(F)(F)C(F)(F)C(F)C(F)C(F)F. The van der Waals surface area contributed by atoms with E-state index in [0.717, 1.165) is 0 Å². The molecule has 3 unspecified atom stereocenters. The van der Waals surface area contributed by atoms with Gasteiger partial charge in [-0.1, -0.05) is 0 Å². The second-order valence-corrected chi connectivity index (χ2v) is 10.7. The monoisotopic (exact) mass is 757 g/mol. The quantitative estimate of drug-likeness (QED) is 0.0921. The molecule has 46 heavy (non-hydrogen) atoms. The number of hydrogen-bond acceptors (Lipinski definition) is 3. The van der Waals surface area contributed by atoms with Crippen LogP contribution in [0.1, 0.15) is 27.7 Å². The summed E-state index contributed by atoms with van der Waals surface area (Å²) >= 11 is 0. The molecule has 0 saturated carbocycles. The van der Waals surface area contributed by atoms with Gasteiger partial charge in [0.1, 0.15) is 10.1 Å². The lowest BCUT2D eigenvalue weighted by molar-refractivity contribution is -0.921. The Hall–Kier alpha value is -1.60. The molecule has 0 radical (unpaired) electrons. The number of nitrogens with zero attached hydrogens (tertiary/aromatic N) is 1. The summed E-state index contributed by atoms with van der Waals surface area (Å²) in [5, 5.41) is 0. The second-order valence-electron chi connectivity index (χ2n) is 9.29. The normalized spacial score (nSPS) is 17.4. The Morgan fingerprint density at radius 1 is 0.500 bits per heavy atom. The highest BCUT2D eigenvalue weighted by molar-refractivity contribution is 7.86. The van der Waals surface area contributed by atoms with Gasteiger partial charge in [-0.3, -0.25) is 0 Å². The van der Waals surface area contributed by atoms with Crippen molar-refractivity contribution in [3.8, 4) is 0 Å².